The van der Waals surface area contributed by atoms with Crippen molar-refractivity contribution in [3.63, 3.8) is 0 Å². The summed E-state index contributed by atoms with van der Waals surface area (Å²) in [4.78, 5) is 50.2. The summed E-state index contributed by atoms with van der Waals surface area (Å²) in [7, 11) is 0. The van der Waals surface area contributed by atoms with Gasteiger partial charge in [0.1, 0.15) is 18.5 Å². The molecule has 0 unspecified atom stereocenters. The first-order chi connectivity index (χ1) is 13.1. The van der Waals surface area contributed by atoms with Crippen molar-refractivity contribution < 1.29 is 33.3 Å². The number of ether oxygens (including phenoxy) is 4. The van der Waals surface area contributed by atoms with E-state index in [0.717, 1.165) is 18.4 Å². The van der Waals surface area contributed by atoms with E-state index >= 15 is 0 Å². The second kappa shape index (κ2) is 8.53. The molecule has 0 radical (unpaired) electrons. The van der Waals surface area contributed by atoms with Gasteiger partial charge in [-0.3, -0.25) is 19.0 Å². The highest BCUT2D eigenvalue weighted by molar-refractivity contribution is 5.68. The minimum Gasteiger partial charge on any atom is -0.463 e. The molecule has 1 aromatic rings. The smallest absolute Gasteiger partial charge is 0.351 e. The standard InChI is InChI=1S/C17H19N3O8/c1-5-11-6-20(17(24)19-15(11)18)16-14(27-10(4)23)13(26-9(3)22)12(28-16)7-25-8(2)21/h1,6,12-14,16H,7H2,2-4H3,(H2,18,19,24)/t12-,13+,14-,16-/m1/s1. The first-order valence-electron chi connectivity index (χ1n) is 8.12. The van der Waals surface area contributed by atoms with E-state index in [1.165, 1.54) is 13.1 Å². The van der Waals surface area contributed by atoms with E-state index in [1.54, 1.807) is 0 Å². The fraction of sp³-hybridized carbons (Fsp3) is 0.471. The lowest BCUT2D eigenvalue weighted by atomic mass is 10.1. The lowest BCUT2D eigenvalue weighted by Crippen LogP contribution is -2.42. The zero-order valence-corrected chi connectivity index (χ0v) is 15.4. The molecule has 1 aliphatic heterocycles. The van der Waals surface area contributed by atoms with Gasteiger partial charge >= 0.3 is 23.6 Å². The quantitative estimate of drug-likeness (QED) is 0.380. The predicted octanol–water partition coefficient (Wildman–Crippen LogP) is -0.869. The number of anilines is 1. The summed E-state index contributed by atoms with van der Waals surface area (Å²) in [5.74, 6) is 0.120. The summed E-state index contributed by atoms with van der Waals surface area (Å²) in [5.41, 5.74) is 4.88. The average Bonchev–Trinajstić information content (AvgIpc) is 2.89. The summed E-state index contributed by atoms with van der Waals surface area (Å²) in [6.07, 6.45) is 1.92. The first-order valence-corrected chi connectivity index (χ1v) is 8.12. The van der Waals surface area contributed by atoms with Crippen LogP contribution in [0, 0.1) is 12.3 Å². The van der Waals surface area contributed by atoms with E-state index in [0.29, 0.717) is 0 Å². The SMILES string of the molecule is C#Cc1cn([C@@H]2O[C@H](COC(C)=O)[C@H](OC(C)=O)[C@H]2OC(C)=O)c(=O)nc1N. The summed E-state index contributed by atoms with van der Waals surface area (Å²) >= 11 is 0. The molecule has 0 amide bonds. The lowest BCUT2D eigenvalue weighted by Gasteiger charge is -2.24. The van der Waals surface area contributed by atoms with Gasteiger partial charge in [-0.15, -0.1) is 6.42 Å². The Morgan fingerprint density at radius 3 is 2.36 bits per heavy atom. The van der Waals surface area contributed by atoms with Crippen LogP contribution in [-0.2, 0) is 33.3 Å². The summed E-state index contributed by atoms with van der Waals surface area (Å²) in [6, 6.07) is 0. The first kappa shape index (κ1) is 20.9. The van der Waals surface area contributed by atoms with Crippen molar-refractivity contribution in [1.82, 2.24) is 9.55 Å². The molecule has 0 saturated carbocycles. The van der Waals surface area contributed by atoms with Crippen LogP contribution in [-0.4, -0.2) is 52.4 Å². The maximum Gasteiger partial charge on any atom is 0.351 e. The van der Waals surface area contributed by atoms with Crippen LogP contribution >= 0.6 is 0 Å². The topological polar surface area (TPSA) is 149 Å². The minimum atomic E-state index is -1.25. The van der Waals surface area contributed by atoms with Crippen LogP contribution in [0.2, 0.25) is 0 Å². The van der Waals surface area contributed by atoms with Gasteiger partial charge in [-0.05, 0) is 0 Å². The number of aromatic nitrogens is 2. The Hall–Kier alpha value is -3.39. The molecule has 2 rings (SSSR count). The fourth-order valence-corrected chi connectivity index (χ4v) is 2.69. The monoisotopic (exact) mass is 393 g/mol. The van der Waals surface area contributed by atoms with Gasteiger partial charge in [0.2, 0.25) is 0 Å². The van der Waals surface area contributed by atoms with E-state index in [9.17, 15) is 19.2 Å². The summed E-state index contributed by atoms with van der Waals surface area (Å²) < 4.78 is 22.1. The molecule has 0 aliphatic carbocycles. The molecule has 0 aromatic carbocycles. The lowest BCUT2D eigenvalue weighted by molar-refractivity contribution is -0.166. The predicted molar refractivity (Wildman–Crippen MR) is 92.5 cm³/mol. The summed E-state index contributed by atoms with van der Waals surface area (Å²) in [6.45, 7) is 3.16. The Kier molecular flexibility index (Phi) is 6.37. The zero-order chi connectivity index (χ0) is 21.0. The Balaban J connectivity index is 2.50. The van der Waals surface area contributed by atoms with Crippen molar-refractivity contribution in [3.8, 4) is 12.3 Å². The van der Waals surface area contributed by atoms with Crippen molar-refractivity contribution in [2.45, 2.75) is 45.3 Å². The molecule has 0 bridgehead atoms. The average molecular weight is 393 g/mol. The molecule has 11 heteroatoms. The third-order valence-corrected chi connectivity index (χ3v) is 3.75. The number of carbonyl (C=O) groups excluding carboxylic acids is 3. The molecule has 4 atom stereocenters. The number of esters is 3. The number of hydrogen-bond acceptors (Lipinski definition) is 10. The Morgan fingerprint density at radius 1 is 1.21 bits per heavy atom. The molecule has 1 aliphatic rings. The third kappa shape index (κ3) is 4.66. The van der Waals surface area contributed by atoms with Crippen LogP contribution in [0.25, 0.3) is 0 Å². The highest BCUT2D eigenvalue weighted by Gasteiger charge is 2.51. The molecule has 1 aromatic heterocycles. The van der Waals surface area contributed by atoms with Gasteiger partial charge in [0.05, 0.1) is 5.56 Å². The van der Waals surface area contributed by atoms with Crippen LogP contribution in [0.3, 0.4) is 0 Å². The highest BCUT2D eigenvalue weighted by atomic mass is 16.7. The number of hydrogen-bond donors (Lipinski definition) is 1. The van der Waals surface area contributed by atoms with Crippen LogP contribution in [0.4, 0.5) is 5.82 Å². The van der Waals surface area contributed by atoms with Crippen LogP contribution in [0.5, 0.6) is 0 Å². The maximum atomic E-state index is 12.3. The minimum absolute atomic E-state index is 0.109. The van der Waals surface area contributed by atoms with E-state index in [1.807, 2.05) is 0 Å². The van der Waals surface area contributed by atoms with Crippen LogP contribution in [0.15, 0.2) is 11.0 Å². The van der Waals surface area contributed by atoms with Crippen molar-refractivity contribution in [3.05, 3.63) is 22.2 Å². The second-order valence-corrected chi connectivity index (χ2v) is 5.89. The van der Waals surface area contributed by atoms with Gasteiger partial charge in [-0.2, -0.15) is 4.98 Å². The molecular formula is C17H19N3O8. The Morgan fingerprint density at radius 2 is 1.82 bits per heavy atom. The van der Waals surface area contributed by atoms with Gasteiger partial charge < -0.3 is 24.7 Å². The van der Waals surface area contributed by atoms with Crippen LogP contribution < -0.4 is 11.4 Å². The third-order valence-electron chi connectivity index (χ3n) is 3.75. The number of nitrogens with zero attached hydrogens (tertiary/aromatic N) is 2. The van der Waals surface area contributed by atoms with E-state index in [4.69, 9.17) is 31.1 Å². The van der Waals surface area contributed by atoms with E-state index in [2.05, 4.69) is 10.9 Å². The largest absolute Gasteiger partial charge is 0.463 e. The number of nitrogen functional groups attached to an aromatic ring is 1. The molecular weight excluding hydrogens is 374 g/mol. The fourth-order valence-electron chi connectivity index (χ4n) is 2.69. The van der Waals surface area contributed by atoms with E-state index in [-0.39, 0.29) is 18.0 Å². The van der Waals surface area contributed by atoms with Crippen molar-refractivity contribution >= 4 is 23.7 Å². The number of carbonyl (C=O) groups is 3. The molecule has 28 heavy (non-hydrogen) atoms. The molecule has 150 valence electrons. The number of nitrogens with two attached hydrogens (primary N) is 1. The van der Waals surface area contributed by atoms with E-state index < -0.39 is 48.1 Å². The van der Waals surface area contributed by atoms with Gasteiger partial charge in [0, 0.05) is 27.0 Å². The molecule has 2 heterocycles. The van der Waals surface area contributed by atoms with Crippen LogP contribution in [0.1, 0.15) is 32.6 Å². The zero-order valence-electron chi connectivity index (χ0n) is 15.4. The van der Waals surface area contributed by atoms with Gasteiger partial charge in [0.15, 0.2) is 18.4 Å². The van der Waals surface area contributed by atoms with Crippen molar-refractivity contribution in [1.29, 1.82) is 0 Å². The number of rotatable bonds is 5. The van der Waals surface area contributed by atoms with Gasteiger partial charge in [-0.25, -0.2) is 4.79 Å². The Bertz CT molecular complexity index is 887. The van der Waals surface area contributed by atoms with Crippen molar-refractivity contribution in [2.24, 2.45) is 0 Å². The van der Waals surface area contributed by atoms with Gasteiger partial charge in [-0.1, -0.05) is 5.92 Å². The normalized spacial score (nSPS) is 23.5. The second-order valence-electron chi connectivity index (χ2n) is 5.89. The molecule has 1 fully saturated rings. The number of terminal acetylenes is 1. The highest BCUT2D eigenvalue weighted by Crippen LogP contribution is 2.34. The Labute approximate surface area is 159 Å². The molecule has 2 N–H and O–H groups in total. The maximum absolute atomic E-state index is 12.3. The van der Waals surface area contributed by atoms with Crippen molar-refractivity contribution in [2.75, 3.05) is 12.3 Å². The molecule has 11 nitrogen and oxygen atoms in total. The molecule has 0 spiro atoms. The van der Waals surface area contributed by atoms with Gasteiger partial charge in [0.25, 0.3) is 0 Å². The molecule has 1 saturated heterocycles. The summed E-state index contributed by atoms with van der Waals surface area (Å²) in [5, 5.41) is 0.